The molecule has 23 heavy (non-hydrogen) atoms. The molecule has 0 bridgehead atoms. The third-order valence-electron chi connectivity index (χ3n) is 2.39. The fraction of sp³-hybridized carbons (Fsp3) is 0.875. The highest BCUT2D eigenvalue weighted by atomic mass is 127. The van der Waals surface area contributed by atoms with Crippen LogP contribution in [0.25, 0.3) is 0 Å². The van der Waals surface area contributed by atoms with Gasteiger partial charge in [-0.05, 0) is 22.6 Å². The van der Waals surface area contributed by atoms with Gasteiger partial charge < -0.3 is 0 Å². The summed E-state index contributed by atoms with van der Waals surface area (Å²) in [6, 6.07) is 0. The molecule has 0 aromatic carbocycles. The van der Waals surface area contributed by atoms with Gasteiger partial charge in [-0.2, -0.15) is 57.1 Å². The molecule has 0 heterocycles. The molecule has 0 saturated carbocycles. The van der Waals surface area contributed by atoms with E-state index in [4.69, 9.17) is 0 Å². The number of aliphatic imine (C=N–C) groups is 1. The predicted molar refractivity (Wildman–Crippen MR) is 58.2 cm³/mol. The van der Waals surface area contributed by atoms with E-state index in [0.29, 0.717) is 7.05 Å². The first-order chi connectivity index (χ1) is 9.73. The number of alkyl halides is 13. The summed E-state index contributed by atoms with van der Waals surface area (Å²) in [5, 5.41) is 0. The molecule has 0 aromatic rings. The zero-order chi connectivity index (χ0) is 19.3. The maximum Gasteiger partial charge on any atom is 0.460 e. The number of rotatable bonds is 5. The minimum atomic E-state index is -7.88. The van der Waals surface area contributed by atoms with E-state index in [2.05, 4.69) is 4.99 Å². The zero-order valence-corrected chi connectivity index (χ0v) is 12.4. The molecule has 0 unspecified atom stereocenters. The molecule has 0 spiro atoms. The molecule has 0 rings (SSSR count). The third-order valence-corrected chi connectivity index (χ3v) is 3.55. The molecule has 138 valence electrons. The van der Waals surface area contributed by atoms with Crippen molar-refractivity contribution in [1.29, 1.82) is 0 Å². The maximum atomic E-state index is 13.1. The summed E-state index contributed by atoms with van der Waals surface area (Å²) >= 11 is 0.211. The second-order valence-corrected chi connectivity index (χ2v) is 4.91. The van der Waals surface area contributed by atoms with Crippen LogP contribution in [0.5, 0.6) is 0 Å². The van der Waals surface area contributed by atoms with Crippen molar-refractivity contribution in [3.63, 3.8) is 0 Å². The molecular formula is C8H3F13IN. The smallest absolute Gasteiger partial charge is 0.280 e. The second-order valence-electron chi connectivity index (χ2n) is 3.88. The Hall–Kier alpha value is -0.510. The van der Waals surface area contributed by atoms with Crippen LogP contribution in [-0.2, 0) is 0 Å². The van der Waals surface area contributed by atoms with Crippen LogP contribution in [0.3, 0.4) is 0 Å². The van der Waals surface area contributed by atoms with E-state index in [9.17, 15) is 57.1 Å². The SMILES string of the molecule is CN=C(I)C(F)(F)C(F)(F)C(F)(F)C(F)(F)C(F)(F)C(F)(F)F. The summed E-state index contributed by atoms with van der Waals surface area (Å²) in [7, 11) is 0.340. The first-order valence-corrected chi connectivity index (χ1v) is 5.90. The van der Waals surface area contributed by atoms with Crippen molar-refractivity contribution >= 4 is 26.3 Å². The van der Waals surface area contributed by atoms with Crippen LogP contribution in [0.2, 0.25) is 0 Å². The van der Waals surface area contributed by atoms with E-state index in [1.165, 1.54) is 0 Å². The normalized spacial score (nSPS) is 16.7. The monoisotopic (exact) mass is 487 g/mol. The van der Waals surface area contributed by atoms with E-state index in [1.807, 2.05) is 0 Å². The Morgan fingerprint density at radius 2 is 0.913 bits per heavy atom. The molecule has 1 nitrogen and oxygen atoms in total. The Morgan fingerprint density at radius 3 is 1.17 bits per heavy atom. The van der Waals surface area contributed by atoms with Crippen LogP contribution in [0.1, 0.15) is 0 Å². The minimum Gasteiger partial charge on any atom is -0.280 e. The minimum absolute atomic E-state index is 0.211. The Balaban J connectivity index is 6.36. The van der Waals surface area contributed by atoms with Crippen molar-refractivity contribution in [3.8, 4) is 0 Å². The Morgan fingerprint density at radius 1 is 0.609 bits per heavy atom. The molecule has 0 fully saturated rings. The predicted octanol–water partition coefficient (Wildman–Crippen LogP) is 5.19. The van der Waals surface area contributed by atoms with Crippen LogP contribution in [0.4, 0.5) is 57.1 Å². The average molecular weight is 487 g/mol. The van der Waals surface area contributed by atoms with Crippen molar-refractivity contribution in [2.45, 2.75) is 35.8 Å². The van der Waals surface area contributed by atoms with E-state index >= 15 is 0 Å². The summed E-state index contributed by atoms with van der Waals surface area (Å²) < 4.78 is 162. The summed E-state index contributed by atoms with van der Waals surface area (Å²) in [5.74, 6) is -36.9. The Bertz CT molecular complexity index is 477. The van der Waals surface area contributed by atoms with E-state index < -0.39 is 39.5 Å². The Kier molecular flexibility index (Phi) is 5.66. The molecule has 0 saturated heterocycles. The zero-order valence-electron chi connectivity index (χ0n) is 10.2. The maximum absolute atomic E-state index is 13.1. The standard InChI is InChI=1S/C8H3F13IN/c1-23-2(22)3(9,10)4(11,12)5(13,14)6(15,16)7(17,18)8(19,20)21/h1H3. The topological polar surface area (TPSA) is 12.4 Å². The lowest BCUT2D eigenvalue weighted by Gasteiger charge is -2.39. The van der Waals surface area contributed by atoms with Crippen LogP contribution in [0, 0.1) is 0 Å². The lowest BCUT2D eigenvalue weighted by atomic mass is 9.94. The van der Waals surface area contributed by atoms with E-state index in [-0.39, 0.29) is 22.6 Å². The number of hydrogen-bond acceptors (Lipinski definition) is 1. The molecule has 0 aliphatic carbocycles. The van der Waals surface area contributed by atoms with Crippen LogP contribution >= 0.6 is 22.6 Å². The van der Waals surface area contributed by atoms with Crippen molar-refractivity contribution in [2.24, 2.45) is 4.99 Å². The van der Waals surface area contributed by atoms with Gasteiger partial charge in [-0.15, -0.1) is 0 Å². The van der Waals surface area contributed by atoms with Gasteiger partial charge in [0.1, 0.15) is 3.72 Å². The van der Waals surface area contributed by atoms with Crippen molar-refractivity contribution in [3.05, 3.63) is 0 Å². The van der Waals surface area contributed by atoms with Gasteiger partial charge in [-0.3, -0.25) is 4.99 Å². The number of halogens is 14. The third kappa shape index (κ3) is 2.96. The molecule has 0 aromatic heterocycles. The summed E-state index contributed by atoms with van der Waals surface area (Å²) in [5.41, 5.74) is 0. The van der Waals surface area contributed by atoms with Gasteiger partial charge in [-0.25, -0.2) is 0 Å². The van der Waals surface area contributed by atoms with Gasteiger partial charge in [0.05, 0.1) is 0 Å². The molecular weight excluding hydrogens is 484 g/mol. The van der Waals surface area contributed by atoms with Crippen molar-refractivity contribution < 1.29 is 57.1 Å². The fourth-order valence-electron chi connectivity index (χ4n) is 1.04. The van der Waals surface area contributed by atoms with E-state index in [1.54, 1.807) is 0 Å². The molecule has 0 N–H and O–H groups in total. The average Bonchev–Trinajstić information content (AvgIpc) is 2.35. The highest BCUT2D eigenvalue weighted by Crippen LogP contribution is 2.60. The van der Waals surface area contributed by atoms with Crippen molar-refractivity contribution in [2.75, 3.05) is 7.05 Å². The van der Waals surface area contributed by atoms with Crippen LogP contribution < -0.4 is 0 Å². The molecule has 0 aliphatic heterocycles. The summed E-state index contributed by atoms with van der Waals surface area (Å²) in [6.07, 6.45) is -7.41. The van der Waals surface area contributed by atoms with Crippen molar-refractivity contribution in [1.82, 2.24) is 0 Å². The molecule has 0 aliphatic rings. The summed E-state index contributed by atoms with van der Waals surface area (Å²) in [4.78, 5) is 2.32. The number of nitrogens with zero attached hydrogens (tertiary/aromatic N) is 1. The van der Waals surface area contributed by atoms with E-state index in [0.717, 1.165) is 0 Å². The molecule has 0 atom stereocenters. The van der Waals surface area contributed by atoms with Gasteiger partial charge in [0.2, 0.25) is 0 Å². The fourth-order valence-corrected chi connectivity index (χ4v) is 1.38. The molecule has 15 heteroatoms. The quantitative estimate of drug-likeness (QED) is 0.288. The second kappa shape index (κ2) is 5.79. The van der Waals surface area contributed by atoms with Gasteiger partial charge in [0, 0.05) is 7.05 Å². The van der Waals surface area contributed by atoms with Crippen LogP contribution in [-0.4, -0.2) is 46.6 Å². The molecule has 0 amide bonds. The first-order valence-electron chi connectivity index (χ1n) is 4.82. The Labute approximate surface area is 132 Å². The molecule has 0 radical (unpaired) electrons. The first kappa shape index (κ1) is 22.5. The lowest BCUT2D eigenvalue weighted by Crippen LogP contribution is -2.70. The van der Waals surface area contributed by atoms with Crippen LogP contribution in [0.15, 0.2) is 4.99 Å². The van der Waals surface area contributed by atoms with Gasteiger partial charge in [-0.1, -0.05) is 0 Å². The lowest BCUT2D eigenvalue weighted by molar-refractivity contribution is -0.434. The van der Waals surface area contributed by atoms with Gasteiger partial charge >= 0.3 is 35.8 Å². The largest absolute Gasteiger partial charge is 0.460 e. The van der Waals surface area contributed by atoms with Gasteiger partial charge in [0.15, 0.2) is 0 Å². The highest BCUT2D eigenvalue weighted by molar-refractivity contribution is 14.1. The van der Waals surface area contributed by atoms with Gasteiger partial charge in [0.25, 0.3) is 0 Å². The number of hydrogen-bond donors (Lipinski definition) is 0. The summed E-state index contributed by atoms with van der Waals surface area (Å²) in [6.45, 7) is 0. The highest BCUT2D eigenvalue weighted by Gasteiger charge is 2.91.